The van der Waals surface area contributed by atoms with Crippen molar-refractivity contribution >= 4 is 34.0 Å². The highest BCUT2D eigenvalue weighted by molar-refractivity contribution is 6.30. The van der Waals surface area contributed by atoms with Gasteiger partial charge in [0.05, 0.1) is 28.1 Å². The van der Waals surface area contributed by atoms with Crippen LogP contribution in [0.2, 0.25) is 5.02 Å². The van der Waals surface area contributed by atoms with Crippen LogP contribution in [0.3, 0.4) is 0 Å². The number of pyridine rings is 1. The minimum atomic E-state index is -0.269. The molecule has 1 aliphatic heterocycles. The molecule has 6 heteroatoms. The first-order valence-electron chi connectivity index (χ1n) is 10.8. The minimum Gasteiger partial charge on any atom is -0.339 e. The molecule has 0 saturated carbocycles. The summed E-state index contributed by atoms with van der Waals surface area (Å²) in [4.78, 5) is 13.7. The Bertz CT molecular complexity index is 1580. The van der Waals surface area contributed by atoms with E-state index >= 15 is 0 Å². The maximum absolute atomic E-state index is 13.7. The Balaban J connectivity index is 1.73. The minimum absolute atomic E-state index is 0.0198. The molecule has 5 aromatic rings. The van der Waals surface area contributed by atoms with Gasteiger partial charge in [0.25, 0.3) is 5.56 Å². The molecule has 1 atom stereocenters. The second-order valence-corrected chi connectivity index (χ2v) is 8.81. The average Bonchev–Trinajstić information content (AvgIpc) is 3.18. The second kappa shape index (κ2) is 7.36. The van der Waals surface area contributed by atoms with E-state index in [-0.39, 0.29) is 11.5 Å². The standard InChI is InChI=1S/C27H21ClN4O/c1-16-22-23(17-12-14-18(28)15-13-17)24-25(20-10-6-7-11-21(20)31(2)27(24)33)29-26(22)32(30-16)19-8-4-3-5-9-19/h3-15,23,29H,1-2H3/t23-/m1/s1. The zero-order valence-electron chi connectivity index (χ0n) is 18.2. The van der Waals surface area contributed by atoms with Crippen LogP contribution < -0.4 is 10.9 Å². The molecule has 2 aromatic heterocycles. The number of nitrogens with zero attached hydrogens (tertiary/aromatic N) is 3. The molecule has 0 saturated heterocycles. The summed E-state index contributed by atoms with van der Waals surface area (Å²) in [5.74, 6) is 0.610. The molecular formula is C27H21ClN4O. The Morgan fingerprint density at radius 1 is 0.909 bits per heavy atom. The van der Waals surface area contributed by atoms with Crippen LogP contribution in [0.4, 0.5) is 11.5 Å². The monoisotopic (exact) mass is 452 g/mol. The fraction of sp³-hybridized carbons (Fsp3) is 0.111. The smallest absolute Gasteiger partial charge is 0.257 e. The van der Waals surface area contributed by atoms with E-state index in [0.29, 0.717) is 5.02 Å². The highest BCUT2D eigenvalue weighted by atomic mass is 35.5. The van der Waals surface area contributed by atoms with E-state index in [1.54, 1.807) is 4.57 Å². The quantitative estimate of drug-likeness (QED) is 0.354. The number of aryl methyl sites for hydroxylation is 2. The van der Waals surface area contributed by atoms with Gasteiger partial charge < -0.3 is 9.88 Å². The Hall–Kier alpha value is -3.83. The number of aromatic nitrogens is 3. The first kappa shape index (κ1) is 19.8. The topological polar surface area (TPSA) is 51.9 Å². The van der Waals surface area contributed by atoms with E-state index in [2.05, 4.69) is 11.4 Å². The average molecular weight is 453 g/mol. The summed E-state index contributed by atoms with van der Waals surface area (Å²) >= 11 is 6.21. The van der Waals surface area contributed by atoms with Crippen molar-refractivity contribution in [1.29, 1.82) is 0 Å². The summed E-state index contributed by atoms with van der Waals surface area (Å²) in [6, 6.07) is 25.8. The Morgan fingerprint density at radius 3 is 2.36 bits per heavy atom. The molecule has 1 N–H and O–H groups in total. The number of anilines is 2. The number of para-hydroxylation sites is 2. The molecule has 0 radical (unpaired) electrons. The lowest BCUT2D eigenvalue weighted by Crippen LogP contribution is -2.29. The van der Waals surface area contributed by atoms with Crippen LogP contribution >= 0.6 is 11.6 Å². The van der Waals surface area contributed by atoms with Gasteiger partial charge in [-0.1, -0.05) is 60.1 Å². The van der Waals surface area contributed by atoms with Crippen LogP contribution in [-0.2, 0) is 7.05 Å². The summed E-state index contributed by atoms with van der Waals surface area (Å²) in [5, 5.41) is 10.2. The number of benzene rings is 3. The lowest BCUT2D eigenvalue weighted by Gasteiger charge is -2.29. The van der Waals surface area contributed by atoms with Crippen molar-refractivity contribution in [1.82, 2.24) is 14.3 Å². The Morgan fingerprint density at radius 2 is 1.61 bits per heavy atom. The first-order chi connectivity index (χ1) is 16.0. The van der Waals surface area contributed by atoms with E-state index in [4.69, 9.17) is 16.7 Å². The lowest BCUT2D eigenvalue weighted by atomic mass is 9.81. The SMILES string of the molecule is Cc1nn(-c2ccccc2)c2c1[C@@H](c1ccc(Cl)cc1)c1c(c3ccccc3n(C)c1=O)N2. The number of fused-ring (bicyclic) bond motifs is 4. The van der Waals surface area contributed by atoms with E-state index < -0.39 is 0 Å². The van der Waals surface area contributed by atoms with Crippen molar-refractivity contribution in [2.24, 2.45) is 7.05 Å². The molecule has 3 heterocycles. The van der Waals surface area contributed by atoms with Crippen LogP contribution in [0.25, 0.3) is 16.6 Å². The van der Waals surface area contributed by atoms with Crippen LogP contribution in [0.1, 0.15) is 28.3 Å². The van der Waals surface area contributed by atoms with Gasteiger partial charge >= 0.3 is 0 Å². The fourth-order valence-electron chi connectivity index (χ4n) is 4.93. The van der Waals surface area contributed by atoms with Crippen LogP contribution in [0, 0.1) is 6.92 Å². The summed E-state index contributed by atoms with van der Waals surface area (Å²) in [5.41, 5.74) is 6.26. The van der Waals surface area contributed by atoms with Gasteiger partial charge in [0.1, 0.15) is 5.82 Å². The molecule has 0 bridgehead atoms. The maximum Gasteiger partial charge on any atom is 0.257 e. The second-order valence-electron chi connectivity index (χ2n) is 8.37. The van der Waals surface area contributed by atoms with E-state index in [1.807, 2.05) is 91.4 Å². The van der Waals surface area contributed by atoms with Crippen LogP contribution in [0.5, 0.6) is 0 Å². The van der Waals surface area contributed by atoms with Crippen molar-refractivity contribution in [2.75, 3.05) is 5.32 Å². The summed E-state index contributed by atoms with van der Waals surface area (Å²) in [6.45, 7) is 2.00. The fourth-order valence-corrected chi connectivity index (χ4v) is 5.06. The Kier molecular flexibility index (Phi) is 4.42. The molecule has 0 spiro atoms. The predicted molar refractivity (Wildman–Crippen MR) is 133 cm³/mol. The van der Waals surface area contributed by atoms with Crippen molar-refractivity contribution < 1.29 is 0 Å². The first-order valence-corrected chi connectivity index (χ1v) is 11.2. The van der Waals surface area contributed by atoms with E-state index in [0.717, 1.165) is 50.5 Å². The molecule has 0 aliphatic carbocycles. The number of rotatable bonds is 2. The molecule has 0 fully saturated rings. The van der Waals surface area contributed by atoms with Gasteiger partial charge in [0, 0.05) is 28.9 Å². The van der Waals surface area contributed by atoms with Crippen molar-refractivity contribution in [3.63, 3.8) is 0 Å². The molecule has 0 amide bonds. The maximum atomic E-state index is 13.7. The van der Waals surface area contributed by atoms with Gasteiger partial charge in [-0.25, -0.2) is 4.68 Å². The number of hydrogen-bond donors (Lipinski definition) is 1. The summed E-state index contributed by atoms with van der Waals surface area (Å²) in [7, 11) is 1.83. The number of halogens is 1. The van der Waals surface area contributed by atoms with Crippen LogP contribution in [0.15, 0.2) is 83.7 Å². The molecule has 6 rings (SSSR count). The van der Waals surface area contributed by atoms with Gasteiger partial charge in [-0.3, -0.25) is 4.79 Å². The molecule has 33 heavy (non-hydrogen) atoms. The number of hydrogen-bond acceptors (Lipinski definition) is 3. The molecule has 0 unspecified atom stereocenters. The lowest BCUT2D eigenvalue weighted by molar-refractivity contribution is 0.842. The van der Waals surface area contributed by atoms with Crippen molar-refractivity contribution in [3.05, 3.63) is 117 Å². The highest BCUT2D eigenvalue weighted by Crippen LogP contribution is 2.47. The molecular weight excluding hydrogens is 432 g/mol. The molecule has 5 nitrogen and oxygen atoms in total. The van der Waals surface area contributed by atoms with Crippen molar-refractivity contribution in [3.8, 4) is 5.69 Å². The predicted octanol–water partition coefficient (Wildman–Crippen LogP) is 5.92. The van der Waals surface area contributed by atoms with Gasteiger partial charge in [0.2, 0.25) is 0 Å². The third-order valence-corrected chi connectivity index (χ3v) is 6.72. The zero-order valence-corrected chi connectivity index (χ0v) is 19.0. The van der Waals surface area contributed by atoms with Gasteiger partial charge in [0.15, 0.2) is 0 Å². The summed E-state index contributed by atoms with van der Waals surface area (Å²) in [6.07, 6.45) is 0. The van der Waals surface area contributed by atoms with Gasteiger partial charge in [-0.05, 0) is 42.8 Å². The normalized spacial score (nSPS) is 14.6. The third kappa shape index (κ3) is 2.93. The van der Waals surface area contributed by atoms with E-state index in [9.17, 15) is 4.79 Å². The van der Waals surface area contributed by atoms with Gasteiger partial charge in [-0.15, -0.1) is 0 Å². The molecule has 162 valence electrons. The zero-order chi connectivity index (χ0) is 22.7. The number of nitrogens with one attached hydrogen (secondary N) is 1. The van der Waals surface area contributed by atoms with Crippen molar-refractivity contribution in [2.45, 2.75) is 12.8 Å². The Labute approximate surface area is 195 Å². The van der Waals surface area contributed by atoms with E-state index in [1.165, 1.54) is 0 Å². The molecule has 1 aliphatic rings. The van der Waals surface area contributed by atoms with Gasteiger partial charge in [-0.2, -0.15) is 5.10 Å². The summed E-state index contributed by atoms with van der Waals surface area (Å²) < 4.78 is 3.67. The van der Waals surface area contributed by atoms with Crippen LogP contribution in [-0.4, -0.2) is 14.3 Å². The highest BCUT2D eigenvalue weighted by Gasteiger charge is 2.36. The third-order valence-electron chi connectivity index (χ3n) is 6.47. The molecule has 3 aromatic carbocycles. The largest absolute Gasteiger partial charge is 0.339 e.